The van der Waals surface area contributed by atoms with E-state index < -0.39 is 0 Å². The van der Waals surface area contributed by atoms with Gasteiger partial charge in [-0.15, -0.1) is 6.58 Å². The third-order valence-electron chi connectivity index (χ3n) is 4.49. The minimum Gasteiger partial charge on any atom is -0.363 e. The van der Waals surface area contributed by atoms with Gasteiger partial charge in [-0.1, -0.05) is 12.1 Å². The van der Waals surface area contributed by atoms with Crippen molar-refractivity contribution in [2.24, 2.45) is 0 Å². The number of carbonyl (C=O) groups excluding carboxylic acids is 1. The highest BCUT2D eigenvalue weighted by molar-refractivity contribution is 5.80. The Hall–Kier alpha value is -1.72. The van der Waals surface area contributed by atoms with Crippen molar-refractivity contribution in [3.63, 3.8) is 0 Å². The van der Waals surface area contributed by atoms with Gasteiger partial charge in [0.2, 0.25) is 5.91 Å². The Balaban J connectivity index is 1.50. The fourth-order valence-electron chi connectivity index (χ4n) is 3.39. The van der Waals surface area contributed by atoms with Gasteiger partial charge >= 0.3 is 0 Å². The minimum absolute atomic E-state index is 0.0220. The van der Waals surface area contributed by atoms with Crippen LogP contribution in [0.5, 0.6) is 0 Å². The highest BCUT2D eigenvalue weighted by Gasteiger charge is 2.41. The number of likely N-dealkylation sites (tertiary alicyclic amines) is 1. The lowest BCUT2D eigenvalue weighted by Crippen LogP contribution is -2.47. The van der Waals surface area contributed by atoms with Gasteiger partial charge in [-0.05, 0) is 31.4 Å². The van der Waals surface area contributed by atoms with Gasteiger partial charge in [0, 0.05) is 25.3 Å². The summed E-state index contributed by atoms with van der Waals surface area (Å²) in [5, 5.41) is 2.93. The number of nitrogens with zero attached hydrogens (tertiary/aromatic N) is 2. The van der Waals surface area contributed by atoms with Gasteiger partial charge in [0.25, 0.3) is 0 Å². The lowest BCUT2D eigenvalue weighted by Gasteiger charge is -2.35. The van der Waals surface area contributed by atoms with Crippen molar-refractivity contribution >= 4 is 5.91 Å². The summed E-state index contributed by atoms with van der Waals surface area (Å²) < 4.78 is 6.03. The van der Waals surface area contributed by atoms with E-state index in [1.54, 1.807) is 6.20 Å². The fraction of sp³-hybridized carbons (Fsp3) is 0.529. The summed E-state index contributed by atoms with van der Waals surface area (Å²) in [7, 11) is 0. The molecule has 118 valence electrons. The smallest absolute Gasteiger partial charge is 0.249 e. The molecule has 5 nitrogen and oxygen atoms in total. The zero-order valence-corrected chi connectivity index (χ0v) is 12.8. The van der Waals surface area contributed by atoms with E-state index in [4.69, 9.17) is 4.74 Å². The van der Waals surface area contributed by atoms with Gasteiger partial charge in [0.15, 0.2) is 0 Å². The quantitative estimate of drug-likeness (QED) is 0.838. The third-order valence-corrected chi connectivity index (χ3v) is 4.49. The SMILES string of the molecule is C=CCN1CC[C@@H]2O[C@@H](C(=O)NCc3ccccn3)CC[C@@H]21. The van der Waals surface area contributed by atoms with E-state index in [-0.39, 0.29) is 18.1 Å². The monoisotopic (exact) mass is 301 g/mol. The Morgan fingerprint density at radius 3 is 3.14 bits per heavy atom. The predicted octanol–water partition coefficient (Wildman–Crippen LogP) is 1.51. The second-order valence-corrected chi connectivity index (χ2v) is 5.92. The van der Waals surface area contributed by atoms with E-state index >= 15 is 0 Å². The van der Waals surface area contributed by atoms with Crippen molar-refractivity contribution in [2.45, 2.75) is 44.1 Å². The summed E-state index contributed by atoms with van der Waals surface area (Å²) in [5.74, 6) is -0.0220. The van der Waals surface area contributed by atoms with E-state index in [9.17, 15) is 4.79 Å². The zero-order chi connectivity index (χ0) is 15.4. The Morgan fingerprint density at radius 1 is 1.45 bits per heavy atom. The van der Waals surface area contributed by atoms with Gasteiger partial charge < -0.3 is 10.1 Å². The summed E-state index contributed by atoms with van der Waals surface area (Å²) in [4.78, 5) is 18.9. The van der Waals surface area contributed by atoms with Crippen LogP contribution in [0.4, 0.5) is 0 Å². The number of carbonyl (C=O) groups is 1. The highest BCUT2D eigenvalue weighted by Crippen LogP contribution is 2.31. The third kappa shape index (κ3) is 3.36. The molecule has 2 fully saturated rings. The Kier molecular flexibility index (Phi) is 4.85. The first-order valence-electron chi connectivity index (χ1n) is 7.96. The maximum atomic E-state index is 12.3. The number of amides is 1. The molecule has 0 unspecified atom stereocenters. The molecule has 1 aromatic rings. The molecule has 1 N–H and O–H groups in total. The van der Waals surface area contributed by atoms with Crippen LogP contribution in [0.3, 0.4) is 0 Å². The van der Waals surface area contributed by atoms with Crippen molar-refractivity contribution in [1.82, 2.24) is 15.2 Å². The van der Waals surface area contributed by atoms with Crippen LogP contribution >= 0.6 is 0 Å². The summed E-state index contributed by atoms with van der Waals surface area (Å²) in [6, 6.07) is 6.13. The Bertz CT molecular complexity index is 520. The normalized spacial score (nSPS) is 28.1. The van der Waals surface area contributed by atoms with E-state index in [0.717, 1.165) is 38.0 Å². The van der Waals surface area contributed by atoms with Crippen LogP contribution in [0.1, 0.15) is 25.0 Å². The van der Waals surface area contributed by atoms with E-state index in [1.807, 2.05) is 24.3 Å². The number of rotatable bonds is 5. The largest absolute Gasteiger partial charge is 0.363 e. The van der Waals surface area contributed by atoms with Gasteiger partial charge in [-0.2, -0.15) is 0 Å². The first-order valence-corrected chi connectivity index (χ1v) is 7.96. The maximum Gasteiger partial charge on any atom is 0.249 e. The molecule has 22 heavy (non-hydrogen) atoms. The first kappa shape index (κ1) is 15.2. The van der Waals surface area contributed by atoms with Gasteiger partial charge in [-0.25, -0.2) is 0 Å². The average Bonchev–Trinajstić information content (AvgIpc) is 2.96. The molecule has 5 heteroatoms. The standard InChI is InChI=1S/C17H23N3O2/c1-2-10-20-11-8-15-14(20)6-7-16(22-15)17(21)19-12-13-5-3-4-9-18-13/h2-5,9,14-16H,1,6-8,10-12H2,(H,19,21)/t14-,15-,16+/m0/s1. The molecule has 1 amide bonds. The van der Waals surface area contributed by atoms with Crippen molar-refractivity contribution in [1.29, 1.82) is 0 Å². The molecule has 0 saturated carbocycles. The van der Waals surface area contributed by atoms with Crippen LogP contribution in [0.15, 0.2) is 37.1 Å². The fourth-order valence-corrected chi connectivity index (χ4v) is 3.39. The molecular weight excluding hydrogens is 278 g/mol. The molecule has 3 atom stereocenters. The van der Waals surface area contributed by atoms with Crippen LogP contribution in [0.2, 0.25) is 0 Å². The summed E-state index contributed by atoms with van der Waals surface area (Å²) in [6.07, 6.45) is 6.32. The molecule has 0 bridgehead atoms. The molecule has 1 aromatic heterocycles. The van der Waals surface area contributed by atoms with Crippen molar-refractivity contribution in [2.75, 3.05) is 13.1 Å². The Labute approximate surface area is 131 Å². The number of hydrogen-bond donors (Lipinski definition) is 1. The Morgan fingerprint density at radius 2 is 2.36 bits per heavy atom. The molecule has 2 aliphatic heterocycles. The number of fused-ring (bicyclic) bond motifs is 1. The van der Waals surface area contributed by atoms with Crippen molar-refractivity contribution in [3.8, 4) is 0 Å². The molecule has 0 aliphatic carbocycles. The molecule has 2 saturated heterocycles. The number of ether oxygens (including phenoxy) is 1. The van der Waals surface area contributed by atoms with Gasteiger partial charge in [0.1, 0.15) is 6.10 Å². The van der Waals surface area contributed by atoms with Gasteiger partial charge in [-0.3, -0.25) is 14.7 Å². The van der Waals surface area contributed by atoms with Crippen LogP contribution in [0, 0.1) is 0 Å². The number of aromatic nitrogens is 1. The topological polar surface area (TPSA) is 54.5 Å². The molecule has 0 spiro atoms. The number of hydrogen-bond acceptors (Lipinski definition) is 4. The molecule has 3 rings (SSSR count). The second-order valence-electron chi connectivity index (χ2n) is 5.92. The van der Waals surface area contributed by atoms with Crippen LogP contribution < -0.4 is 5.32 Å². The molecular formula is C17H23N3O2. The van der Waals surface area contributed by atoms with E-state index in [2.05, 4.69) is 21.8 Å². The second kappa shape index (κ2) is 7.03. The van der Waals surface area contributed by atoms with Crippen LogP contribution in [-0.2, 0) is 16.1 Å². The molecule has 0 radical (unpaired) electrons. The number of nitrogens with one attached hydrogen (secondary N) is 1. The average molecular weight is 301 g/mol. The van der Waals surface area contributed by atoms with Crippen LogP contribution in [0.25, 0.3) is 0 Å². The maximum absolute atomic E-state index is 12.3. The summed E-state index contributed by atoms with van der Waals surface area (Å²) in [5.41, 5.74) is 0.863. The van der Waals surface area contributed by atoms with E-state index in [0.29, 0.717) is 12.6 Å². The molecule has 0 aromatic carbocycles. The predicted molar refractivity (Wildman–Crippen MR) is 84.2 cm³/mol. The first-order chi connectivity index (χ1) is 10.8. The zero-order valence-electron chi connectivity index (χ0n) is 12.8. The molecule has 3 heterocycles. The summed E-state index contributed by atoms with van der Waals surface area (Å²) in [6.45, 7) is 6.20. The van der Waals surface area contributed by atoms with Gasteiger partial charge in [0.05, 0.1) is 18.3 Å². The van der Waals surface area contributed by atoms with Crippen LogP contribution in [-0.4, -0.2) is 47.1 Å². The van der Waals surface area contributed by atoms with Crippen molar-refractivity contribution < 1.29 is 9.53 Å². The van der Waals surface area contributed by atoms with Crippen molar-refractivity contribution in [3.05, 3.63) is 42.7 Å². The summed E-state index contributed by atoms with van der Waals surface area (Å²) >= 11 is 0. The number of pyridine rings is 1. The molecule has 2 aliphatic rings. The van der Waals surface area contributed by atoms with E-state index in [1.165, 1.54) is 0 Å². The highest BCUT2D eigenvalue weighted by atomic mass is 16.5. The minimum atomic E-state index is -0.325. The lowest BCUT2D eigenvalue weighted by atomic mass is 9.98. The lowest BCUT2D eigenvalue weighted by molar-refractivity contribution is -0.143.